The maximum absolute atomic E-state index is 12.8. The van der Waals surface area contributed by atoms with Crippen molar-refractivity contribution < 1.29 is 9.18 Å². The van der Waals surface area contributed by atoms with Crippen molar-refractivity contribution in [2.24, 2.45) is 5.10 Å². The molecule has 0 aliphatic rings. The molecule has 0 unspecified atom stereocenters. The highest BCUT2D eigenvalue weighted by atomic mass is 35.5. The number of hydrazone groups is 1. The van der Waals surface area contributed by atoms with Crippen molar-refractivity contribution >= 4 is 58.6 Å². The number of hydrogen-bond acceptors (Lipinski definition) is 7. The number of aromatic nitrogens is 2. The minimum absolute atomic E-state index is 0.178. The Morgan fingerprint density at radius 2 is 1.79 bits per heavy atom. The van der Waals surface area contributed by atoms with Crippen LogP contribution in [0.3, 0.4) is 0 Å². The summed E-state index contributed by atoms with van der Waals surface area (Å²) < 4.78 is 14.4. The third-order valence-corrected chi connectivity index (χ3v) is 6.78. The van der Waals surface area contributed by atoms with Crippen molar-refractivity contribution in [3.8, 4) is 0 Å². The molecule has 28 heavy (non-hydrogen) atoms. The highest BCUT2D eigenvalue weighted by Crippen LogP contribution is 2.30. The molecule has 2 aromatic carbocycles. The molecule has 0 bridgehead atoms. The van der Waals surface area contributed by atoms with E-state index in [2.05, 4.69) is 20.7 Å². The van der Waals surface area contributed by atoms with Crippen molar-refractivity contribution in [3.05, 3.63) is 70.5 Å². The van der Waals surface area contributed by atoms with E-state index in [9.17, 15) is 9.18 Å². The van der Waals surface area contributed by atoms with E-state index in [-0.39, 0.29) is 17.5 Å². The van der Waals surface area contributed by atoms with E-state index in [4.69, 9.17) is 11.6 Å². The van der Waals surface area contributed by atoms with Crippen LogP contribution in [0.1, 0.15) is 11.1 Å². The lowest BCUT2D eigenvalue weighted by Gasteiger charge is -1.98. The number of benzene rings is 2. The number of rotatable bonds is 8. The molecule has 0 atom stereocenters. The Bertz CT molecular complexity index is 948. The first-order valence-electron chi connectivity index (χ1n) is 7.99. The summed E-state index contributed by atoms with van der Waals surface area (Å²) >= 11 is 10.2. The van der Waals surface area contributed by atoms with Crippen LogP contribution in [0.5, 0.6) is 0 Å². The van der Waals surface area contributed by atoms with Crippen LogP contribution in [-0.2, 0) is 10.5 Å². The van der Waals surface area contributed by atoms with Gasteiger partial charge in [0.1, 0.15) is 5.82 Å². The van der Waals surface area contributed by atoms with Gasteiger partial charge in [-0.15, -0.1) is 10.2 Å². The fourth-order valence-electron chi connectivity index (χ4n) is 1.93. The van der Waals surface area contributed by atoms with Crippen molar-refractivity contribution in [2.75, 3.05) is 5.75 Å². The van der Waals surface area contributed by atoms with Gasteiger partial charge < -0.3 is 0 Å². The van der Waals surface area contributed by atoms with Gasteiger partial charge in [-0.1, -0.05) is 70.7 Å². The van der Waals surface area contributed by atoms with Crippen LogP contribution in [0.4, 0.5) is 4.39 Å². The van der Waals surface area contributed by atoms with Gasteiger partial charge in [-0.05, 0) is 35.4 Å². The van der Waals surface area contributed by atoms with Crippen LogP contribution in [0, 0.1) is 5.82 Å². The van der Waals surface area contributed by atoms with E-state index >= 15 is 0 Å². The number of halogens is 2. The lowest BCUT2D eigenvalue weighted by Crippen LogP contribution is -2.19. The quantitative estimate of drug-likeness (QED) is 0.300. The lowest BCUT2D eigenvalue weighted by atomic mass is 10.2. The summed E-state index contributed by atoms with van der Waals surface area (Å²) in [7, 11) is 0. The van der Waals surface area contributed by atoms with Gasteiger partial charge in [-0.2, -0.15) is 5.10 Å². The molecule has 1 amide bonds. The molecule has 5 nitrogen and oxygen atoms in total. The third kappa shape index (κ3) is 6.90. The molecular weight excluding hydrogens is 439 g/mol. The molecule has 0 aliphatic heterocycles. The van der Waals surface area contributed by atoms with Crippen LogP contribution in [0.2, 0.25) is 5.02 Å². The van der Waals surface area contributed by atoms with E-state index in [0.717, 1.165) is 20.0 Å². The maximum atomic E-state index is 12.8. The van der Waals surface area contributed by atoms with Gasteiger partial charge >= 0.3 is 0 Å². The molecule has 0 saturated heterocycles. The highest BCUT2D eigenvalue weighted by Gasteiger charge is 2.08. The monoisotopic (exact) mass is 452 g/mol. The minimum atomic E-state index is -0.319. The average molecular weight is 453 g/mol. The lowest BCUT2D eigenvalue weighted by molar-refractivity contribution is -0.118. The molecule has 1 aromatic heterocycles. The number of thioether (sulfide) groups is 2. The van der Waals surface area contributed by atoms with Crippen LogP contribution >= 0.6 is 46.5 Å². The summed E-state index contributed by atoms with van der Waals surface area (Å²) in [5.74, 6) is 0.376. The fourth-order valence-corrected chi connectivity index (χ4v) is 4.82. The Morgan fingerprint density at radius 1 is 1.11 bits per heavy atom. The smallest absolute Gasteiger partial charge is 0.250 e. The zero-order chi connectivity index (χ0) is 19.8. The molecule has 0 spiro atoms. The normalized spacial score (nSPS) is 11.1. The largest absolute Gasteiger partial charge is 0.272 e. The van der Waals surface area contributed by atoms with Gasteiger partial charge in [-0.25, -0.2) is 9.82 Å². The van der Waals surface area contributed by atoms with E-state index in [1.807, 2.05) is 24.3 Å². The van der Waals surface area contributed by atoms with E-state index in [1.54, 1.807) is 23.9 Å². The summed E-state index contributed by atoms with van der Waals surface area (Å²) in [5.41, 5.74) is 4.28. The topological polar surface area (TPSA) is 67.2 Å². The zero-order valence-electron chi connectivity index (χ0n) is 14.3. The molecule has 0 aliphatic carbocycles. The van der Waals surface area contributed by atoms with Crippen molar-refractivity contribution in [1.82, 2.24) is 15.6 Å². The first-order chi connectivity index (χ1) is 13.6. The molecular formula is C18H14ClFN4OS3. The minimum Gasteiger partial charge on any atom is -0.272 e. The molecule has 3 rings (SSSR count). The predicted molar refractivity (Wildman–Crippen MR) is 114 cm³/mol. The standard InChI is InChI=1S/C18H14ClFN4OS3/c19-14-5-1-13(2-6-14)10-26-17-23-24-18(28-17)27-11-16(25)22-21-9-12-3-7-15(20)8-4-12/h1-9H,10-11H2,(H,22,25). The third-order valence-electron chi connectivity index (χ3n) is 3.26. The van der Waals surface area contributed by atoms with E-state index in [1.165, 1.54) is 41.4 Å². The Labute approximate surface area is 178 Å². The molecule has 10 heteroatoms. The highest BCUT2D eigenvalue weighted by molar-refractivity contribution is 8.03. The molecule has 0 saturated carbocycles. The number of carbonyl (C=O) groups is 1. The Kier molecular flexibility index (Phi) is 7.84. The average Bonchev–Trinajstić information content (AvgIpc) is 3.15. The second-order valence-electron chi connectivity index (χ2n) is 5.38. The number of carbonyl (C=O) groups excluding carboxylic acids is 1. The summed E-state index contributed by atoms with van der Waals surface area (Å²) in [6.45, 7) is 0. The molecule has 0 fully saturated rings. The van der Waals surface area contributed by atoms with Gasteiger partial charge in [-0.3, -0.25) is 4.79 Å². The molecule has 1 heterocycles. The molecule has 1 N–H and O–H groups in total. The molecule has 3 aromatic rings. The van der Waals surface area contributed by atoms with Crippen molar-refractivity contribution in [2.45, 2.75) is 14.4 Å². The first kappa shape index (κ1) is 20.8. The summed E-state index contributed by atoms with van der Waals surface area (Å²) in [6, 6.07) is 13.5. The second kappa shape index (κ2) is 10.6. The van der Waals surface area contributed by atoms with Gasteiger partial charge in [0.2, 0.25) is 0 Å². The van der Waals surface area contributed by atoms with Gasteiger partial charge in [0.05, 0.1) is 12.0 Å². The van der Waals surface area contributed by atoms with Crippen LogP contribution in [0.25, 0.3) is 0 Å². The van der Waals surface area contributed by atoms with Gasteiger partial charge in [0.15, 0.2) is 8.68 Å². The first-order valence-corrected chi connectivity index (χ1v) is 11.2. The second-order valence-corrected chi connectivity index (χ2v) is 9.24. The SMILES string of the molecule is O=C(CSc1nnc(SCc2ccc(Cl)cc2)s1)NN=Cc1ccc(F)cc1. The fraction of sp³-hybridized carbons (Fsp3) is 0.111. The summed E-state index contributed by atoms with van der Waals surface area (Å²) in [6.07, 6.45) is 1.46. The van der Waals surface area contributed by atoms with Crippen LogP contribution < -0.4 is 5.43 Å². The van der Waals surface area contributed by atoms with Crippen molar-refractivity contribution in [1.29, 1.82) is 0 Å². The zero-order valence-corrected chi connectivity index (χ0v) is 17.5. The van der Waals surface area contributed by atoms with E-state index < -0.39 is 0 Å². The summed E-state index contributed by atoms with van der Waals surface area (Å²) in [4.78, 5) is 11.8. The summed E-state index contributed by atoms with van der Waals surface area (Å²) in [5, 5.41) is 12.8. The van der Waals surface area contributed by atoms with Crippen LogP contribution in [0.15, 0.2) is 62.3 Å². The predicted octanol–water partition coefficient (Wildman–Crippen LogP) is 4.87. The number of hydrogen-bond donors (Lipinski definition) is 1. The van der Waals surface area contributed by atoms with Gasteiger partial charge in [0.25, 0.3) is 5.91 Å². The van der Waals surface area contributed by atoms with Crippen molar-refractivity contribution in [3.63, 3.8) is 0 Å². The van der Waals surface area contributed by atoms with E-state index in [0.29, 0.717) is 10.6 Å². The number of nitrogens with zero attached hydrogens (tertiary/aromatic N) is 3. The van der Waals surface area contributed by atoms with Gasteiger partial charge in [0, 0.05) is 10.8 Å². The van der Waals surface area contributed by atoms with Crippen LogP contribution in [-0.4, -0.2) is 28.1 Å². The molecule has 0 radical (unpaired) electrons. The Hall–Kier alpha value is -1.94. The number of amides is 1. The molecule has 144 valence electrons. The maximum Gasteiger partial charge on any atom is 0.250 e. The number of nitrogens with one attached hydrogen (secondary N) is 1. The Balaban J connectivity index is 1.40. The Morgan fingerprint density at radius 3 is 2.50 bits per heavy atom.